The normalized spacial score (nSPS) is 11.6. The summed E-state index contributed by atoms with van der Waals surface area (Å²) in [7, 11) is -3.87. The van der Waals surface area contributed by atoms with Crippen LogP contribution in [0.15, 0.2) is 71.8 Å². The van der Waals surface area contributed by atoms with Gasteiger partial charge in [0.05, 0.1) is 29.4 Å². The van der Waals surface area contributed by atoms with Crippen molar-refractivity contribution in [2.24, 2.45) is 0 Å². The molecule has 0 saturated heterocycles. The Morgan fingerprint density at radius 3 is 2.45 bits per heavy atom. The molecule has 0 aliphatic heterocycles. The monoisotopic (exact) mass is 415 g/mol. The Morgan fingerprint density at radius 2 is 1.83 bits per heavy atom. The van der Waals surface area contributed by atoms with Crippen LogP contribution in [0.3, 0.4) is 0 Å². The molecule has 0 unspecified atom stereocenters. The molecule has 0 fully saturated rings. The minimum Gasteiger partial charge on any atom is -0.494 e. The number of anilines is 1. The average molecular weight is 415 g/mol. The van der Waals surface area contributed by atoms with Gasteiger partial charge in [-0.1, -0.05) is 12.1 Å². The minimum atomic E-state index is -3.87. The molecule has 2 aromatic carbocycles. The number of nitrogens with zero attached hydrogens (tertiary/aromatic N) is 2. The van der Waals surface area contributed by atoms with Gasteiger partial charge in [-0.2, -0.15) is 4.31 Å². The molecule has 8 heteroatoms. The molecule has 3 aromatic rings. The van der Waals surface area contributed by atoms with E-state index in [1.807, 2.05) is 6.92 Å². The molecular weight excluding hydrogens is 393 g/mol. The number of nitrogen functional groups attached to an aromatic ring is 1. The van der Waals surface area contributed by atoms with Gasteiger partial charge in [0.1, 0.15) is 11.6 Å². The lowest BCUT2D eigenvalue weighted by molar-refractivity contribution is 0.340. The maximum absolute atomic E-state index is 13.9. The molecule has 2 N–H and O–H groups in total. The first kappa shape index (κ1) is 20.8. The smallest absolute Gasteiger partial charge is 0.243 e. The van der Waals surface area contributed by atoms with Crippen LogP contribution >= 0.6 is 0 Å². The second-order valence-electron chi connectivity index (χ2n) is 6.35. The van der Waals surface area contributed by atoms with Gasteiger partial charge in [-0.3, -0.25) is 4.98 Å². The predicted octanol–water partition coefficient (Wildman–Crippen LogP) is 3.59. The first-order chi connectivity index (χ1) is 13.9. The van der Waals surface area contributed by atoms with E-state index in [0.29, 0.717) is 23.6 Å². The number of halogens is 1. The maximum atomic E-state index is 13.9. The molecule has 29 heavy (non-hydrogen) atoms. The van der Waals surface area contributed by atoms with Gasteiger partial charge >= 0.3 is 0 Å². The van der Waals surface area contributed by atoms with E-state index in [0.717, 1.165) is 0 Å². The van der Waals surface area contributed by atoms with E-state index in [1.165, 1.54) is 28.6 Å². The predicted molar refractivity (Wildman–Crippen MR) is 109 cm³/mol. The number of sulfonamides is 1. The number of ether oxygens (including phenoxy) is 1. The zero-order valence-electron chi connectivity index (χ0n) is 16.0. The summed E-state index contributed by atoms with van der Waals surface area (Å²) in [5.41, 5.74) is 6.61. The molecule has 0 radical (unpaired) electrons. The van der Waals surface area contributed by atoms with Crippen LogP contribution in [-0.4, -0.2) is 24.3 Å². The molecule has 152 valence electrons. The van der Waals surface area contributed by atoms with Crippen LogP contribution in [0.4, 0.5) is 10.1 Å². The molecule has 0 atom stereocenters. The Hall–Kier alpha value is -2.97. The lowest BCUT2D eigenvalue weighted by atomic mass is 10.2. The third kappa shape index (κ3) is 5.10. The Kier molecular flexibility index (Phi) is 6.46. The third-order valence-electron chi connectivity index (χ3n) is 4.26. The molecule has 0 aliphatic rings. The number of aromatic nitrogens is 1. The topological polar surface area (TPSA) is 85.5 Å². The highest BCUT2D eigenvalue weighted by molar-refractivity contribution is 7.89. The van der Waals surface area contributed by atoms with Crippen molar-refractivity contribution in [3.63, 3.8) is 0 Å². The number of hydrogen-bond donors (Lipinski definition) is 1. The van der Waals surface area contributed by atoms with Gasteiger partial charge in [0, 0.05) is 12.7 Å². The molecule has 0 aliphatic carbocycles. The third-order valence-corrected chi connectivity index (χ3v) is 6.07. The Bertz CT molecular complexity index is 1060. The largest absolute Gasteiger partial charge is 0.494 e. The summed E-state index contributed by atoms with van der Waals surface area (Å²) in [6.07, 6.45) is 1.60. The van der Waals surface area contributed by atoms with Crippen LogP contribution in [0, 0.1) is 5.82 Å². The summed E-state index contributed by atoms with van der Waals surface area (Å²) in [6.45, 7) is 2.36. The van der Waals surface area contributed by atoms with Crippen LogP contribution in [0.2, 0.25) is 0 Å². The fourth-order valence-corrected chi connectivity index (χ4v) is 4.19. The summed E-state index contributed by atoms with van der Waals surface area (Å²) in [5.74, 6) is 0.00193. The number of benzene rings is 2. The van der Waals surface area contributed by atoms with Crippen LogP contribution in [0.5, 0.6) is 5.75 Å². The first-order valence-electron chi connectivity index (χ1n) is 9.07. The lowest BCUT2D eigenvalue weighted by Crippen LogP contribution is -2.30. The minimum absolute atomic E-state index is 0.0133. The fraction of sp³-hybridized carbons (Fsp3) is 0.190. The molecular formula is C21H22FN3O3S. The fourth-order valence-electron chi connectivity index (χ4n) is 2.79. The summed E-state index contributed by atoms with van der Waals surface area (Å²) in [4.78, 5) is 4.34. The van der Waals surface area contributed by atoms with Crippen LogP contribution in [0.25, 0.3) is 0 Å². The first-order valence-corrected chi connectivity index (χ1v) is 10.5. The van der Waals surface area contributed by atoms with Crippen LogP contribution in [0.1, 0.15) is 18.2 Å². The van der Waals surface area contributed by atoms with Gasteiger partial charge < -0.3 is 10.5 Å². The van der Waals surface area contributed by atoms with Crippen molar-refractivity contribution in [2.75, 3.05) is 12.3 Å². The molecule has 0 saturated carbocycles. The van der Waals surface area contributed by atoms with E-state index in [-0.39, 0.29) is 23.7 Å². The van der Waals surface area contributed by atoms with E-state index in [4.69, 9.17) is 10.5 Å². The number of hydrogen-bond acceptors (Lipinski definition) is 5. The van der Waals surface area contributed by atoms with E-state index >= 15 is 0 Å². The van der Waals surface area contributed by atoms with Gasteiger partial charge in [0.2, 0.25) is 10.0 Å². The Labute approximate surface area is 169 Å². The van der Waals surface area contributed by atoms with Crippen molar-refractivity contribution in [1.29, 1.82) is 0 Å². The lowest BCUT2D eigenvalue weighted by Gasteiger charge is -2.22. The molecule has 1 heterocycles. The highest BCUT2D eigenvalue weighted by atomic mass is 32.2. The second kappa shape index (κ2) is 9.02. The van der Waals surface area contributed by atoms with E-state index in [2.05, 4.69) is 4.98 Å². The van der Waals surface area contributed by atoms with Crippen molar-refractivity contribution in [2.45, 2.75) is 24.9 Å². The highest BCUT2D eigenvalue weighted by Crippen LogP contribution is 2.24. The zero-order chi connectivity index (χ0) is 20.9. The summed E-state index contributed by atoms with van der Waals surface area (Å²) < 4.78 is 47.1. The quantitative estimate of drug-likeness (QED) is 0.568. The average Bonchev–Trinajstić information content (AvgIpc) is 2.72. The molecule has 1 aromatic heterocycles. The Balaban J connectivity index is 1.94. The standard InChI is InChI=1S/C21H22FN3O3S/c1-2-28-18-7-9-19(10-8-18)29(26,27)25(15-17-5-3-4-12-24-17)14-16-6-11-21(23)20(22)13-16/h3-13H,2,14-15,23H2,1H3. The van der Waals surface area contributed by atoms with Crippen molar-refractivity contribution < 1.29 is 17.5 Å². The molecule has 0 spiro atoms. The highest BCUT2D eigenvalue weighted by Gasteiger charge is 2.25. The van der Waals surface area contributed by atoms with Crippen molar-refractivity contribution in [1.82, 2.24) is 9.29 Å². The molecule has 6 nitrogen and oxygen atoms in total. The van der Waals surface area contributed by atoms with E-state index < -0.39 is 15.8 Å². The van der Waals surface area contributed by atoms with Crippen LogP contribution < -0.4 is 10.5 Å². The molecule has 3 rings (SSSR count). The maximum Gasteiger partial charge on any atom is 0.243 e. The molecule has 0 amide bonds. The van der Waals surface area contributed by atoms with Gasteiger partial charge in [-0.05, 0) is 61.0 Å². The van der Waals surface area contributed by atoms with Crippen LogP contribution in [-0.2, 0) is 23.1 Å². The van der Waals surface area contributed by atoms with Gasteiger partial charge in [0.25, 0.3) is 0 Å². The second-order valence-corrected chi connectivity index (χ2v) is 8.29. The molecule has 0 bridgehead atoms. The number of pyridine rings is 1. The van der Waals surface area contributed by atoms with Crippen molar-refractivity contribution in [3.05, 3.63) is 83.9 Å². The number of rotatable bonds is 8. The summed E-state index contributed by atoms with van der Waals surface area (Å²) in [5, 5.41) is 0. The number of nitrogens with two attached hydrogens (primary N) is 1. The van der Waals surface area contributed by atoms with Gasteiger partial charge in [-0.25, -0.2) is 12.8 Å². The SMILES string of the molecule is CCOc1ccc(S(=O)(=O)N(Cc2ccc(N)c(F)c2)Cc2ccccn2)cc1. The summed E-state index contributed by atoms with van der Waals surface area (Å²) >= 11 is 0. The van der Waals surface area contributed by atoms with Gasteiger partial charge in [0.15, 0.2) is 0 Å². The zero-order valence-corrected chi connectivity index (χ0v) is 16.8. The Morgan fingerprint density at radius 1 is 1.07 bits per heavy atom. The summed E-state index contributed by atoms with van der Waals surface area (Å²) in [6, 6.07) is 15.8. The van der Waals surface area contributed by atoms with Crippen molar-refractivity contribution in [3.8, 4) is 5.75 Å². The van der Waals surface area contributed by atoms with E-state index in [1.54, 1.807) is 42.6 Å². The van der Waals surface area contributed by atoms with Crippen molar-refractivity contribution >= 4 is 15.7 Å². The van der Waals surface area contributed by atoms with E-state index in [9.17, 15) is 12.8 Å². The van der Waals surface area contributed by atoms with Gasteiger partial charge in [-0.15, -0.1) is 0 Å².